The number of hydrogen-bond acceptors (Lipinski definition) is 5. The van der Waals surface area contributed by atoms with Crippen LogP contribution in [0.15, 0.2) is 48.7 Å². The summed E-state index contributed by atoms with van der Waals surface area (Å²) in [6, 6.07) is 13.7. The van der Waals surface area contributed by atoms with Gasteiger partial charge in [-0.3, -0.25) is 4.79 Å². The third kappa shape index (κ3) is 3.42. The number of carbonyl (C=O) groups is 1. The molecule has 1 aliphatic rings. The lowest BCUT2D eigenvalue weighted by Gasteiger charge is -2.16. The Balaban J connectivity index is 1.37. The number of hydrogen-bond donors (Lipinski definition) is 1. The third-order valence-corrected chi connectivity index (χ3v) is 4.40. The minimum Gasteiger partial charge on any atom is -0.365 e. The van der Waals surface area contributed by atoms with Crippen LogP contribution >= 0.6 is 0 Å². The van der Waals surface area contributed by atoms with E-state index in [0.717, 1.165) is 29.9 Å². The van der Waals surface area contributed by atoms with Crippen LogP contribution < -0.4 is 10.2 Å². The number of anilines is 2. The molecule has 1 fully saturated rings. The lowest BCUT2D eigenvalue weighted by molar-refractivity contribution is -0.117. The lowest BCUT2D eigenvalue weighted by atomic mass is 10.2. The largest absolute Gasteiger partial charge is 0.365 e. The molecule has 0 unspecified atom stereocenters. The molecule has 0 atom stereocenters. The first-order valence-electron chi connectivity index (χ1n) is 8.68. The molecule has 1 aromatic carbocycles. The lowest BCUT2D eigenvalue weighted by Crippen LogP contribution is -2.23. The van der Waals surface area contributed by atoms with E-state index in [0.29, 0.717) is 24.6 Å². The van der Waals surface area contributed by atoms with Crippen molar-refractivity contribution in [3.63, 3.8) is 0 Å². The molecule has 7 heteroatoms. The second-order valence-corrected chi connectivity index (χ2v) is 6.35. The Morgan fingerprint density at radius 2 is 1.92 bits per heavy atom. The van der Waals surface area contributed by atoms with Crippen LogP contribution in [0.1, 0.15) is 24.1 Å². The fraction of sp³-hybridized carbons (Fsp3) is 0.263. The minimum atomic E-state index is 0.207. The van der Waals surface area contributed by atoms with Gasteiger partial charge >= 0.3 is 0 Å². The molecular weight excluding hydrogens is 328 g/mol. The summed E-state index contributed by atoms with van der Waals surface area (Å²) >= 11 is 0. The van der Waals surface area contributed by atoms with Gasteiger partial charge < -0.3 is 10.2 Å². The molecule has 0 aliphatic carbocycles. The van der Waals surface area contributed by atoms with Crippen LogP contribution in [0.4, 0.5) is 11.5 Å². The van der Waals surface area contributed by atoms with E-state index >= 15 is 0 Å². The van der Waals surface area contributed by atoms with Gasteiger partial charge in [0.05, 0.1) is 5.69 Å². The van der Waals surface area contributed by atoms with Gasteiger partial charge in [0.2, 0.25) is 5.91 Å². The monoisotopic (exact) mass is 348 g/mol. The summed E-state index contributed by atoms with van der Waals surface area (Å²) < 4.78 is 1.70. The van der Waals surface area contributed by atoms with E-state index in [1.54, 1.807) is 4.68 Å². The summed E-state index contributed by atoms with van der Waals surface area (Å²) in [5.74, 6) is 1.60. The first-order chi connectivity index (χ1) is 12.7. The zero-order valence-electron chi connectivity index (χ0n) is 14.6. The Morgan fingerprint density at radius 3 is 2.54 bits per heavy atom. The molecular formula is C19H20N6O. The van der Waals surface area contributed by atoms with Crippen LogP contribution in [0.2, 0.25) is 0 Å². The van der Waals surface area contributed by atoms with E-state index in [4.69, 9.17) is 0 Å². The minimum absolute atomic E-state index is 0.207. The van der Waals surface area contributed by atoms with E-state index in [1.807, 2.05) is 60.5 Å². The van der Waals surface area contributed by atoms with Gasteiger partial charge in [0.15, 0.2) is 5.82 Å². The molecule has 0 spiro atoms. The van der Waals surface area contributed by atoms with Crippen molar-refractivity contribution in [3.8, 4) is 5.82 Å². The molecule has 0 saturated carbocycles. The number of carbonyl (C=O) groups excluding carboxylic acids is 1. The van der Waals surface area contributed by atoms with Crippen LogP contribution in [0.5, 0.6) is 0 Å². The number of aryl methyl sites for hydroxylation is 1. The first kappa shape index (κ1) is 16.3. The van der Waals surface area contributed by atoms with Gasteiger partial charge in [0, 0.05) is 31.4 Å². The van der Waals surface area contributed by atoms with E-state index in [1.165, 1.54) is 0 Å². The molecule has 1 amide bonds. The van der Waals surface area contributed by atoms with Crippen molar-refractivity contribution in [1.82, 2.24) is 20.0 Å². The second kappa shape index (κ2) is 6.95. The van der Waals surface area contributed by atoms with Crippen molar-refractivity contribution in [2.24, 2.45) is 0 Å². The molecule has 2 aromatic heterocycles. The van der Waals surface area contributed by atoms with Crippen LogP contribution in [0.3, 0.4) is 0 Å². The molecule has 1 N–H and O–H groups in total. The number of nitrogens with zero attached hydrogens (tertiary/aromatic N) is 5. The molecule has 0 radical (unpaired) electrons. The van der Waals surface area contributed by atoms with Crippen molar-refractivity contribution in [2.45, 2.75) is 26.3 Å². The average Bonchev–Trinajstić information content (AvgIpc) is 3.29. The first-order valence-corrected chi connectivity index (χ1v) is 8.68. The zero-order chi connectivity index (χ0) is 17.9. The quantitative estimate of drug-likeness (QED) is 0.767. The maximum Gasteiger partial charge on any atom is 0.227 e. The van der Waals surface area contributed by atoms with Gasteiger partial charge in [-0.05, 0) is 49.2 Å². The summed E-state index contributed by atoms with van der Waals surface area (Å²) in [7, 11) is 0. The molecule has 26 heavy (non-hydrogen) atoms. The van der Waals surface area contributed by atoms with Gasteiger partial charge in [0.25, 0.3) is 0 Å². The predicted molar refractivity (Wildman–Crippen MR) is 99.2 cm³/mol. The average molecular weight is 348 g/mol. The van der Waals surface area contributed by atoms with Crippen LogP contribution in [-0.2, 0) is 11.3 Å². The van der Waals surface area contributed by atoms with E-state index in [2.05, 4.69) is 20.6 Å². The highest BCUT2D eigenvalue weighted by Crippen LogP contribution is 2.21. The highest BCUT2D eigenvalue weighted by Gasteiger charge is 2.21. The molecule has 3 heterocycles. The predicted octanol–water partition coefficient (Wildman–Crippen LogP) is 2.71. The van der Waals surface area contributed by atoms with Gasteiger partial charge in [-0.25, -0.2) is 4.68 Å². The van der Waals surface area contributed by atoms with Crippen molar-refractivity contribution in [1.29, 1.82) is 0 Å². The molecule has 3 aromatic rings. The molecule has 0 bridgehead atoms. The van der Waals surface area contributed by atoms with Gasteiger partial charge in [-0.15, -0.1) is 10.2 Å². The highest BCUT2D eigenvalue weighted by molar-refractivity contribution is 5.95. The smallest absolute Gasteiger partial charge is 0.227 e. The van der Waals surface area contributed by atoms with Gasteiger partial charge in [0.1, 0.15) is 5.82 Å². The number of nitrogens with one attached hydrogen (secondary N) is 1. The number of rotatable bonds is 5. The number of benzene rings is 1. The van der Waals surface area contributed by atoms with E-state index < -0.39 is 0 Å². The number of aromatic nitrogens is 4. The van der Waals surface area contributed by atoms with E-state index in [9.17, 15) is 4.79 Å². The van der Waals surface area contributed by atoms with Gasteiger partial charge in [-0.1, -0.05) is 12.1 Å². The summed E-state index contributed by atoms with van der Waals surface area (Å²) in [6.45, 7) is 3.39. The Kier molecular flexibility index (Phi) is 4.35. The second-order valence-electron chi connectivity index (χ2n) is 6.35. The summed E-state index contributed by atoms with van der Waals surface area (Å²) in [6.07, 6.45) is 3.45. The van der Waals surface area contributed by atoms with Crippen molar-refractivity contribution in [3.05, 3.63) is 59.9 Å². The van der Waals surface area contributed by atoms with Crippen molar-refractivity contribution < 1.29 is 4.79 Å². The van der Waals surface area contributed by atoms with Crippen LogP contribution in [0.25, 0.3) is 5.82 Å². The summed E-state index contributed by atoms with van der Waals surface area (Å²) in [5.41, 5.74) is 3.02. The van der Waals surface area contributed by atoms with Crippen LogP contribution in [0, 0.1) is 6.92 Å². The normalized spacial score (nSPS) is 14.0. The summed E-state index contributed by atoms with van der Waals surface area (Å²) in [5, 5.41) is 16.0. The summed E-state index contributed by atoms with van der Waals surface area (Å²) in [4.78, 5) is 13.6. The van der Waals surface area contributed by atoms with E-state index in [-0.39, 0.29) is 5.91 Å². The fourth-order valence-corrected chi connectivity index (χ4v) is 2.99. The van der Waals surface area contributed by atoms with Crippen LogP contribution in [-0.4, -0.2) is 32.4 Å². The van der Waals surface area contributed by atoms with Crippen molar-refractivity contribution in [2.75, 3.05) is 16.8 Å². The maximum atomic E-state index is 11.8. The zero-order valence-corrected chi connectivity index (χ0v) is 14.6. The topological polar surface area (TPSA) is 75.9 Å². The standard InChI is InChI=1S/C19H20N6O/c1-14-10-12-25(23-14)18-9-8-17(21-22-18)20-13-15-4-6-16(7-5-15)24-11-2-3-19(24)26/h4-10,12H,2-3,11,13H2,1H3,(H,20,21). The Labute approximate surface area is 151 Å². The third-order valence-electron chi connectivity index (χ3n) is 4.40. The molecule has 1 saturated heterocycles. The Bertz CT molecular complexity index is 901. The highest BCUT2D eigenvalue weighted by atomic mass is 16.2. The fourth-order valence-electron chi connectivity index (χ4n) is 2.99. The Morgan fingerprint density at radius 1 is 1.08 bits per heavy atom. The van der Waals surface area contributed by atoms with Gasteiger partial charge in [-0.2, -0.15) is 5.10 Å². The maximum absolute atomic E-state index is 11.8. The number of amides is 1. The SMILES string of the molecule is Cc1ccn(-c2ccc(NCc3ccc(N4CCCC4=O)cc3)nn2)n1. The molecule has 4 rings (SSSR count). The molecule has 1 aliphatic heterocycles. The van der Waals surface area contributed by atoms with Crippen molar-refractivity contribution >= 4 is 17.4 Å². The molecule has 7 nitrogen and oxygen atoms in total. The molecule has 132 valence electrons. The Hall–Kier alpha value is -3.22.